The van der Waals surface area contributed by atoms with Crippen LogP contribution in [0.25, 0.3) is 0 Å². The predicted octanol–water partition coefficient (Wildman–Crippen LogP) is 3.95. The zero-order chi connectivity index (χ0) is 14.7. The van der Waals surface area contributed by atoms with E-state index >= 15 is 0 Å². The first-order valence-electron chi connectivity index (χ1n) is 5.74. The molecule has 2 aromatic rings. The van der Waals surface area contributed by atoms with Gasteiger partial charge in [0.1, 0.15) is 5.82 Å². The molecule has 20 heavy (non-hydrogen) atoms. The van der Waals surface area contributed by atoms with Gasteiger partial charge >= 0.3 is 0 Å². The van der Waals surface area contributed by atoms with E-state index in [0.717, 1.165) is 5.56 Å². The second kappa shape index (κ2) is 6.24. The summed E-state index contributed by atoms with van der Waals surface area (Å²) >= 11 is 9.00. The number of hydrogen-bond donors (Lipinski definition) is 2. The van der Waals surface area contributed by atoms with Crippen LogP contribution in [0.15, 0.2) is 40.9 Å². The average molecular weight is 358 g/mol. The number of benzene rings is 2. The van der Waals surface area contributed by atoms with Crippen molar-refractivity contribution < 1.29 is 9.18 Å². The molecule has 3 nitrogen and oxygen atoms in total. The van der Waals surface area contributed by atoms with Crippen molar-refractivity contribution in [2.75, 3.05) is 5.32 Å². The van der Waals surface area contributed by atoms with Gasteiger partial charge in [0.05, 0.1) is 15.1 Å². The standard InChI is InChI=1S/C14H11BrClFN2O/c15-11-5-8(1-4-13(11)17)7-19-9-2-3-12(16)10(6-9)14(18)20/h1-6,19H,7H2,(H2,18,20). The summed E-state index contributed by atoms with van der Waals surface area (Å²) < 4.78 is 13.5. The number of nitrogens with one attached hydrogen (secondary N) is 1. The van der Waals surface area contributed by atoms with Gasteiger partial charge in [-0.3, -0.25) is 4.79 Å². The highest BCUT2D eigenvalue weighted by Crippen LogP contribution is 2.21. The third-order valence-electron chi connectivity index (χ3n) is 2.71. The van der Waals surface area contributed by atoms with Crippen LogP contribution in [0.3, 0.4) is 0 Å². The molecule has 0 aliphatic rings. The van der Waals surface area contributed by atoms with Crippen molar-refractivity contribution in [3.8, 4) is 0 Å². The smallest absolute Gasteiger partial charge is 0.250 e. The maximum Gasteiger partial charge on any atom is 0.250 e. The van der Waals surface area contributed by atoms with E-state index in [9.17, 15) is 9.18 Å². The van der Waals surface area contributed by atoms with E-state index < -0.39 is 5.91 Å². The fraction of sp³-hybridized carbons (Fsp3) is 0.0714. The van der Waals surface area contributed by atoms with Gasteiger partial charge in [-0.1, -0.05) is 17.7 Å². The van der Waals surface area contributed by atoms with Crippen molar-refractivity contribution >= 4 is 39.1 Å². The monoisotopic (exact) mass is 356 g/mol. The summed E-state index contributed by atoms with van der Waals surface area (Å²) in [5.74, 6) is -0.889. The molecule has 0 fully saturated rings. The quantitative estimate of drug-likeness (QED) is 0.870. The minimum atomic E-state index is -0.580. The molecule has 0 bridgehead atoms. The molecule has 0 heterocycles. The van der Waals surface area contributed by atoms with Crippen LogP contribution in [0, 0.1) is 5.82 Å². The van der Waals surface area contributed by atoms with Crippen LogP contribution in [-0.4, -0.2) is 5.91 Å². The van der Waals surface area contributed by atoms with Crippen LogP contribution in [0.5, 0.6) is 0 Å². The van der Waals surface area contributed by atoms with E-state index in [4.69, 9.17) is 17.3 Å². The van der Waals surface area contributed by atoms with Crippen LogP contribution in [-0.2, 0) is 6.54 Å². The molecule has 2 rings (SSSR count). The Morgan fingerprint density at radius 3 is 2.70 bits per heavy atom. The Morgan fingerprint density at radius 1 is 1.30 bits per heavy atom. The highest BCUT2D eigenvalue weighted by molar-refractivity contribution is 9.10. The lowest BCUT2D eigenvalue weighted by molar-refractivity contribution is 0.100. The highest BCUT2D eigenvalue weighted by atomic mass is 79.9. The number of nitrogens with two attached hydrogens (primary N) is 1. The van der Waals surface area contributed by atoms with Crippen LogP contribution in [0.4, 0.5) is 10.1 Å². The van der Waals surface area contributed by atoms with Crippen molar-refractivity contribution in [2.45, 2.75) is 6.54 Å². The summed E-state index contributed by atoms with van der Waals surface area (Å²) in [7, 11) is 0. The number of carbonyl (C=O) groups is 1. The molecule has 6 heteroatoms. The summed E-state index contributed by atoms with van der Waals surface area (Å²) in [5, 5.41) is 3.43. The predicted molar refractivity (Wildman–Crippen MR) is 81.4 cm³/mol. The van der Waals surface area contributed by atoms with E-state index in [0.29, 0.717) is 21.7 Å². The molecule has 0 aliphatic carbocycles. The molecular weight excluding hydrogens is 347 g/mol. The van der Waals surface area contributed by atoms with Crippen molar-refractivity contribution in [1.82, 2.24) is 0 Å². The Balaban J connectivity index is 2.12. The average Bonchev–Trinajstić information content (AvgIpc) is 2.41. The minimum Gasteiger partial charge on any atom is -0.381 e. The SMILES string of the molecule is NC(=O)c1cc(NCc2ccc(F)c(Br)c2)ccc1Cl. The molecule has 3 N–H and O–H groups in total. The first-order valence-corrected chi connectivity index (χ1v) is 6.91. The second-order valence-corrected chi connectivity index (χ2v) is 5.42. The molecule has 0 saturated heterocycles. The number of hydrogen-bond acceptors (Lipinski definition) is 2. The zero-order valence-electron chi connectivity index (χ0n) is 10.3. The maximum atomic E-state index is 13.1. The van der Waals surface area contributed by atoms with Crippen LogP contribution in [0.2, 0.25) is 5.02 Å². The molecule has 0 radical (unpaired) electrons. The molecule has 2 aromatic carbocycles. The zero-order valence-corrected chi connectivity index (χ0v) is 12.6. The molecular formula is C14H11BrClFN2O. The lowest BCUT2D eigenvalue weighted by Crippen LogP contribution is -2.12. The topological polar surface area (TPSA) is 55.1 Å². The fourth-order valence-electron chi connectivity index (χ4n) is 1.68. The summed E-state index contributed by atoms with van der Waals surface area (Å²) in [5.41, 5.74) is 7.10. The summed E-state index contributed by atoms with van der Waals surface area (Å²) in [6.07, 6.45) is 0. The van der Waals surface area contributed by atoms with E-state index in [2.05, 4.69) is 21.2 Å². The van der Waals surface area contributed by atoms with Gasteiger partial charge in [0.2, 0.25) is 5.91 Å². The molecule has 104 valence electrons. The van der Waals surface area contributed by atoms with Crippen molar-refractivity contribution in [3.05, 3.63) is 62.8 Å². The second-order valence-electron chi connectivity index (χ2n) is 4.16. The molecule has 0 unspecified atom stereocenters. The van der Waals surface area contributed by atoms with E-state index in [-0.39, 0.29) is 11.4 Å². The van der Waals surface area contributed by atoms with E-state index in [1.807, 2.05) is 0 Å². The van der Waals surface area contributed by atoms with Gasteiger partial charge in [0, 0.05) is 12.2 Å². The Kier molecular flexibility index (Phi) is 4.62. The molecule has 0 aromatic heterocycles. The largest absolute Gasteiger partial charge is 0.381 e. The minimum absolute atomic E-state index is 0.261. The number of primary amides is 1. The Bertz CT molecular complexity index is 664. The number of carbonyl (C=O) groups excluding carboxylic acids is 1. The van der Waals surface area contributed by atoms with E-state index in [1.165, 1.54) is 6.07 Å². The van der Waals surface area contributed by atoms with Gasteiger partial charge in [-0.15, -0.1) is 0 Å². The molecule has 0 atom stereocenters. The number of amides is 1. The summed E-state index contributed by atoms with van der Waals surface area (Å²) in [6.45, 7) is 0.485. The van der Waals surface area contributed by atoms with Crippen molar-refractivity contribution in [1.29, 1.82) is 0 Å². The fourth-order valence-corrected chi connectivity index (χ4v) is 2.31. The number of halogens is 3. The summed E-state index contributed by atoms with van der Waals surface area (Å²) in [4.78, 5) is 11.2. The van der Waals surface area contributed by atoms with E-state index in [1.54, 1.807) is 30.3 Å². The van der Waals surface area contributed by atoms with Gasteiger partial charge in [0.15, 0.2) is 0 Å². The Hall–Kier alpha value is -1.59. The Morgan fingerprint density at radius 2 is 2.05 bits per heavy atom. The molecule has 1 amide bonds. The third-order valence-corrected chi connectivity index (χ3v) is 3.65. The van der Waals surface area contributed by atoms with Gasteiger partial charge < -0.3 is 11.1 Å². The molecule has 0 aliphatic heterocycles. The number of anilines is 1. The lowest BCUT2D eigenvalue weighted by atomic mass is 10.1. The van der Waals surface area contributed by atoms with Gasteiger partial charge in [0.25, 0.3) is 0 Å². The van der Waals surface area contributed by atoms with Gasteiger partial charge in [-0.2, -0.15) is 0 Å². The molecule has 0 spiro atoms. The van der Waals surface area contributed by atoms with Gasteiger partial charge in [-0.05, 0) is 51.8 Å². The third kappa shape index (κ3) is 3.49. The summed E-state index contributed by atoms with van der Waals surface area (Å²) in [6, 6.07) is 9.68. The normalized spacial score (nSPS) is 10.3. The first kappa shape index (κ1) is 14.8. The van der Waals surface area contributed by atoms with Crippen LogP contribution in [0.1, 0.15) is 15.9 Å². The highest BCUT2D eigenvalue weighted by Gasteiger charge is 2.07. The number of rotatable bonds is 4. The Labute approximate surface area is 129 Å². The van der Waals surface area contributed by atoms with Crippen LogP contribution >= 0.6 is 27.5 Å². The van der Waals surface area contributed by atoms with Crippen LogP contribution < -0.4 is 11.1 Å². The van der Waals surface area contributed by atoms with Gasteiger partial charge in [-0.25, -0.2) is 4.39 Å². The maximum absolute atomic E-state index is 13.1. The lowest BCUT2D eigenvalue weighted by Gasteiger charge is -2.09. The van der Waals surface area contributed by atoms with Crippen molar-refractivity contribution in [2.24, 2.45) is 5.73 Å². The van der Waals surface area contributed by atoms with Crippen molar-refractivity contribution in [3.63, 3.8) is 0 Å². The molecule has 0 saturated carbocycles. The first-order chi connectivity index (χ1) is 9.47.